The van der Waals surface area contributed by atoms with Crippen LogP contribution in [0.3, 0.4) is 0 Å². The third-order valence-corrected chi connectivity index (χ3v) is 4.32. The van der Waals surface area contributed by atoms with Gasteiger partial charge in [-0.1, -0.05) is 30.8 Å². The van der Waals surface area contributed by atoms with E-state index in [1.54, 1.807) is 0 Å². The summed E-state index contributed by atoms with van der Waals surface area (Å²) in [4.78, 5) is 16.1. The lowest BCUT2D eigenvalue weighted by molar-refractivity contribution is 0.0938. The molecule has 0 bridgehead atoms. The summed E-state index contributed by atoms with van der Waals surface area (Å²) in [6, 6.07) is 0.113. The van der Waals surface area contributed by atoms with Crippen LogP contribution in [0.5, 0.6) is 0 Å². The molecule has 1 aliphatic heterocycles. The third-order valence-electron chi connectivity index (χ3n) is 4.32. The van der Waals surface area contributed by atoms with Gasteiger partial charge in [0.1, 0.15) is 0 Å². The molecule has 1 saturated carbocycles. The fourth-order valence-corrected chi connectivity index (χ4v) is 3.13. The van der Waals surface area contributed by atoms with Gasteiger partial charge in [-0.3, -0.25) is 4.79 Å². The van der Waals surface area contributed by atoms with Gasteiger partial charge in [0.25, 0.3) is 11.7 Å². The van der Waals surface area contributed by atoms with Gasteiger partial charge in [-0.15, -0.1) is 0 Å². The van der Waals surface area contributed by atoms with Gasteiger partial charge in [0.15, 0.2) is 0 Å². The highest BCUT2D eigenvalue weighted by atomic mass is 16.5. The molecular formula is C14H22N4O2. The molecule has 1 aromatic rings. The highest BCUT2D eigenvalue weighted by molar-refractivity contribution is 5.90. The number of aromatic nitrogens is 2. The predicted octanol–water partition coefficient (Wildman–Crippen LogP) is 1.80. The largest absolute Gasteiger partial charge is 0.349 e. The molecule has 6 nitrogen and oxygen atoms in total. The number of amides is 1. The van der Waals surface area contributed by atoms with Crippen molar-refractivity contribution in [3.8, 4) is 0 Å². The number of nitrogens with zero attached hydrogens (tertiary/aromatic N) is 2. The van der Waals surface area contributed by atoms with Crippen molar-refractivity contribution in [3.63, 3.8) is 0 Å². The number of rotatable bonds is 5. The Kier molecular flexibility index (Phi) is 4.30. The van der Waals surface area contributed by atoms with Crippen molar-refractivity contribution >= 4 is 5.91 Å². The fourth-order valence-electron chi connectivity index (χ4n) is 3.13. The van der Waals surface area contributed by atoms with Crippen LogP contribution in [0, 0.1) is 5.92 Å². The summed E-state index contributed by atoms with van der Waals surface area (Å²) < 4.78 is 5.17. The second-order valence-corrected chi connectivity index (χ2v) is 5.80. The summed E-state index contributed by atoms with van der Waals surface area (Å²) in [5, 5.41) is 9.94. The molecule has 1 saturated heterocycles. The van der Waals surface area contributed by atoms with Crippen molar-refractivity contribution in [1.29, 1.82) is 0 Å². The molecule has 2 fully saturated rings. The lowest BCUT2D eigenvalue weighted by atomic mass is 10.0. The summed E-state index contributed by atoms with van der Waals surface area (Å²) in [6.07, 6.45) is 8.43. The summed E-state index contributed by atoms with van der Waals surface area (Å²) in [5.41, 5.74) is 0. The molecular weight excluding hydrogens is 256 g/mol. The molecule has 110 valence electrons. The monoisotopic (exact) mass is 278 g/mol. The Hall–Kier alpha value is -1.43. The molecule has 1 aliphatic carbocycles. The van der Waals surface area contributed by atoms with Crippen LogP contribution in [0.1, 0.15) is 67.5 Å². The van der Waals surface area contributed by atoms with Crippen LogP contribution in [0.2, 0.25) is 0 Å². The summed E-state index contributed by atoms with van der Waals surface area (Å²) in [6.45, 7) is 1.67. The maximum absolute atomic E-state index is 11.9. The van der Waals surface area contributed by atoms with Gasteiger partial charge in [0, 0.05) is 6.54 Å². The van der Waals surface area contributed by atoms with Gasteiger partial charge in [0.05, 0.1) is 6.04 Å². The fraction of sp³-hybridized carbons (Fsp3) is 0.786. The Morgan fingerprint density at radius 2 is 2.15 bits per heavy atom. The van der Waals surface area contributed by atoms with Crippen molar-refractivity contribution in [1.82, 2.24) is 20.8 Å². The minimum atomic E-state index is -0.226. The maximum atomic E-state index is 11.9. The zero-order valence-corrected chi connectivity index (χ0v) is 11.7. The lowest BCUT2D eigenvalue weighted by Crippen LogP contribution is -2.26. The van der Waals surface area contributed by atoms with E-state index in [-0.39, 0.29) is 17.8 Å². The first-order valence-electron chi connectivity index (χ1n) is 7.68. The quantitative estimate of drug-likeness (QED) is 0.858. The Morgan fingerprint density at radius 1 is 1.30 bits per heavy atom. The molecule has 2 aliphatic rings. The second kappa shape index (κ2) is 6.35. The standard InChI is InChI=1S/C14H22N4O2/c19-13(16-9-7-10-4-1-2-5-10)12-17-14(20-18-12)11-6-3-8-15-11/h10-11,15H,1-9H2,(H,16,19). The van der Waals surface area contributed by atoms with E-state index >= 15 is 0 Å². The first-order valence-corrected chi connectivity index (χ1v) is 7.68. The number of hydrogen-bond donors (Lipinski definition) is 2. The SMILES string of the molecule is O=C(NCCC1CCCC1)c1noc(C2CCCN2)n1. The van der Waals surface area contributed by atoms with Gasteiger partial charge in [-0.2, -0.15) is 4.98 Å². The molecule has 1 amide bonds. The van der Waals surface area contributed by atoms with E-state index in [2.05, 4.69) is 20.8 Å². The molecule has 20 heavy (non-hydrogen) atoms. The van der Waals surface area contributed by atoms with Crippen molar-refractivity contribution < 1.29 is 9.32 Å². The van der Waals surface area contributed by atoms with Crippen molar-refractivity contribution in [2.75, 3.05) is 13.1 Å². The average Bonchev–Trinajstić information content (AvgIpc) is 3.20. The van der Waals surface area contributed by atoms with Gasteiger partial charge in [0.2, 0.25) is 5.89 Å². The van der Waals surface area contributed by atoms with Crippen molar-refractivity contribution in [3.05, 3.63) is 11.7 Å². The van der Waals surface area contributed by atoms with Crippen LogP contribution in [0.4, 0.5) is 0 Å². The Labute approximate surface area is 118 Å². The van der Waals surface area contributed by atoms with Crippen LogP contribution in [-0.2, 0) is 0 Å². The topological polar surface area (TPSA) is 80.0 Å². The normalized spacial score (nSPS) is 23.3. The zero-order chi connectivity index (χ0) is 13.8. The molecule has 0 radical (unpaired) electrons. The van der Waals surface area contributed by atoms with Crippen molar-refractivity contribution in [2.45, 2.75) is 51.0 Å². The molecule has 2 N–H and O–H groups in total. The van der Waals surface area contributed by atoms with Gasteiger partial charge in [-0.05, 0) is 31.7 Å². The Bertz CT molecular complexity index is 448. The highest BCUT2D eigenvalue weighted by Gasteiger charge is 2.24. The first-order chi connectivity index (χ1) is 9.83. The van der Waals surface area contributed by atoms with E-state index in [4.69, 9.17) is 4.52 Å². The van der Waals surface area contributed by atoms with E-state index in [0.717, 1.165) is 31.7 Å². The highest BCUT2D eigenvalue weighted by Crippen LogP contribution is 2.27. The van der Waals surface area contributed by atoms with E-state index in [1.807, 2.05) is 0 Å². The maximum Gasteiger partial charge on any atom is 0.292 e. The van der Waals surface area contributed by atoms with Gasteiger partial charge >= 0.3 is 0 Å². The van der Waals surface area contributed by atoms with Gasteiger partial charge in [-0.25, -0.2) is 0 Å². The molecule has 1 atom stereocenters. The van der Waals surface area contributed by atoms with Gasteiger partial charge < -0.3 is 15.2 Å². The Balaban J connectivity index is 1.46. The summed E-state index contributed by atoms with van der Waals surface area (Å²) in [7, 11) is 0. The second-order valence-electron chi connectivity index (χ2n) is 5.80. The molecule has 2 heterocycles. The summed E-state index contributed by atoms with van der Waals surface area (Å²) in [5.74, 6) is 1.23. The predicted molar refractivity (Wildman–Crippen MR) is 73.2 cm³/mol. The number of nitrogens with one attached hydrogen (secondary N) is 2. The molecule has 1 aromatic heterocycles. The van der Waals surface area contributed by atoms with Crippen LogP contribution < -0.4 is 10.6 Å². The molecule has 6 heteroatoms. The number of carbonyl (C=O) groups is 1. The van der Waals surface area contributed by atoms with Crippen LogP contribution in [0.25, 0.3) is 0 Å². The minimum Gasteiger partial charge on any atom is -0.349 e. The number of hydrogen-bond acceptors (Lipinski definition) is 5. The van der Waals surface area contributed by atoms with Crippen LogP contribution in [0.15, 0.2) is 4.52 Å². The Morgan fingerprint density at radius 3 is 2.90 bits per heavy atom. The van der Waals surface area contributed by atoms with E-state index in [1.165, 1.54) is 25.7 Å². The van der Waals surface area contributed by atoms with E-state index in [9.17, 15) is 4.79 Å². The molecule has 3 rings (SSSR count). The first kappa shape index (κ1) is 13.5. The minimum absolute atomic E-state index is 0.113. The lowest BCUT2D eigenvalue weighted by Gasteiger charge is -2.08. The van der Waals surface area contributed by atoms with Crippen molar-refractivity contribution in [2.24, 2.45) is 5.92 Å². The van der Waals surface area contributed by atoms with E-state index < -0.39 is 0 Å². The van der Waals surface area contributed by atoms with Crippen LogP contribution >= 0.6 is 0 Å². The third kappa shape index (κ3) is 3.17. The molecule has 0 spiro atoms. The number of carbonyl (C=O) groups excluding carboxylic acids is 1. The van der Waals surface area contributed by atoms with Crippen LogP contribution in [-0.4, -0.2) is 29.1 Å². The molecule has 1 unspecified atom stereocenters. The zero-order valence-electron chi connectivity index (χ0n) is 11.7. The smallest absolute Gasteiger partial charge is 0.292 e. The van der Waals surface area contributed by atoms with E-state index in [0.29, 0.717) is 12.4 Å². The summed E-state index contributed by atoms with van der Waals surface area (Å²) >= 11 is 0. The average molecular weight is 278 g/mol. The molecule has 0 aromatic carbocycles.